The molecule has 0 aliphatic heterocycles. The van der Waals surface area contributed by atoms with E-state index in [2.05, 4.69) is 111 Å². The third kappa shape index (κ3) is 3.89. The number of hydrogen-bond acceptors (Lipinski definition) is 2. The molecule has 0 unspecified atom stereocenters. The highest BCUT2D eigenvalue weighted by Gasteiger charge is 2.05. The summed E-state index contributed by atoms with van der Waals surface area (Å²) < 4.78 is 0. The first-order valence-electron chi connectivity index (χ1n) is 10.1. The molecule has 0 radical (unpaired) electrons. The number of aryl methyl sites for hydroxylation is 2. The number of thiophene rings is 2. The lowest BCUT2D eigenvalue weighted by Crippen LogP contribution is -1.81. The van der Waals surface area contributed by atoms with Crippen LogP contribution in [-0.2, 0) is 0 Å². The van der Waals surface area contributed by atoms with E-state index in [9.17, 15) is 0 Å². The molecule has 0 atom stereocenters. The Kier molecular flexibility index (Phi) is 5.12. The Morgan fingerprint density at radius 3 is 0.833 bits per heavy atom. The maximum Gasteiger partial charge on any atom is 0.0345 e. The molecule has 0 nitrogen and oxygen atoms in total. The Labute approximate surface area is 186 Å². The van der Waals surface area contributed by atoms with E-state index >= 15 is 0 Å². The third-order valence-electron chi connectivity index (χ3n) is 5.37. The van der Waals surface area contributed by atoms with Gasteiger partial charge in [-0.05, 0) is 71.5 Å². The molecule has 146 valence electrons. The van der Waals surface area contributed by atoms with Crippen molar-refractivity contribution in [3.8, 4) is 43.1 Å². The Hall–Kier alpha value is -2.94. The predicted molar refractivity (Wildman–Crippen MR) is 133 cm³/mol. The van der Waals surface area contributed by atoms with Gasteiger partial charge in [-0.15, -0.1) is 22.7 Å². The van der Waals surface area contributed by atoms with Crippen LogP contribution in [0.3, 0.4) is 0 Å². The second kappa shape index (κ2) is 8.06. The van der Waals surface area contributed by atoms with Crippen LogP contribution >= 0.6 is 22.7 Å². The molecule has 5 rings (SSSR count). The van der Waals surface area contributed by atoms with Crippen molar-refractivity contribution in [2.24, 2.45) is 0 Å². The molecule has 0 saturated heterocycles. The van der Waals surface area contributed by atoms with Gasteiger partial charge in [-0.3, -0.25) is 0 Å². The summed E-state index contributed by atoms with van der Waals surface area (Å²) in [7, 11) is 0. The zero-order valence-corrected chi connectivity index (χ0v) is 18.7. The van der Waals surface area contributed by atoms with E-state index in [4.69, 9.17) is 0 Å². The molecule has 30 heavy (non-hydrogen) atoms. The van der Waals surface area contributed by atoms with Gasteiger partial charge in [-0.2, -0.15) is 0 Å². The lowest BCUT2D eigenvalue weighted by molar-refractivity contribution is 1.59. The van der Waals surface area contributed by atoms with Gasteiger partial charge in [0.25, 0.3) is 0 Å². The Morgan fingerprint density at radius 1 is 0.333 bits per heavy atom. The SMILES string of the molecule is Cc1ccc(-c2ccc(-c3ccc(-c4ccc(-c5ccc(C)s5)cc4)cc3)cc2)s1. The van der Waals surface area contributed by atoms with Gasteiger partial charge in [0.1, 0.15) is 0 Å². The lowest BCUT2D eigenvalue weighted by Gasteiger charge is -2.07. The van der Waals surface area contributed by atoms with Crippen molar-refractivity contribution in [1.82, 2.24) is 0 Å². The number of rotatable bonds is 4. The zero-order chi connectivity index (χ0) is 20.5. The topological polar surface area (TPSA) is 0 Å². The van der Waals surface area contributed by atoms with Crippen LogP contribution in [-0.4, -0.2) is 0 Å². The molecule has 0 fully saturated rings. The Bertz CT molecular complexity index is 1170. The van der Waals surface area contributed by atoms with Crippen LogP contribution in [0.4, 0.5) is 0 Å². The smallest absolute Gasteiger partial charge is 0.0345 e. The fourth-order valence-electron chi connectivity index (χ4n) is 3.69. The van der Waals surface area contributed by atoms with Crippen LogP contribution in [0.2, 0.25) is 0 Å². The highest BCUT2D eigenvalue weighted by atomic mass is 32.1. The molecule has 0 saturated carbocycles. The van der Waals surface area contributed by atoms with Crippen LogP contribution < -0.4 is 0 Å². The van der Waals surface area contributed by atoms with Crippen LogP contribution in [0.25, 0.3) is 43.1 Å². The van der Waals surface area contributed by atoms with Crippen molar-refractivity contribution in [3.63, 3.8) is 0 Å². The fourth-order valence-corrected chi connectivity index (χ4v) is 5.43. The van der Waals surface area contributed by atoms with E-state index < -0.39 is 0 Å². The molecule has 5 aromatic rings. The molecular weight excluding hydrogens is 400 g/mol. The quantitative estimate of drug-likeness (QED) is 0.271. The van der Waals surface area contributed by atoms with E-state index in [1.807, 2.05) is 22.7 Å². The average Bonchev–Trinajstić information content (AvgIpc) is 3.42. The Morgan fingerprint density at radius 2 is 0.600 bits per heavy atom. The van der Waals surface area contributed by atoms with Gasteiger partial charge in [-0.1, -0.05) is 72.8 Å². The van der Waals surface area contributed by atoms with Crippen molar-refractivity contribution < 1.29 is 0 Å². The van der Waals surface area contributed by atoms with E-state index in [-0.39, 0.29) is 0 Å². The summed E-state index contributed by atoms with van der Waals surface area (Å²) >= 11 is 3.69. The minimum Gasteiger partial charge on any atom is -0.141 e. The maximum atomic E-state index is 2.22. The van der Waals surface area contributed by atoms with Gasteiger partial charge in [0.15, 0.2) is 0 Å². The molecule has 0 bridgehead atoms. The largest absolute Gasteiger partial charge is 0.141 e. The molecule has 0 aliphatic rings. The maximum absolute atomic E-state index is 2.22. The highest BCUT2D eigenvalue weighted by Crippen LogP contribution is 2.32. The summed E-state index contributed by atoms with van der Waals surface area (Å²) in [6.45, 7) is 4.31. The molecular formula is C28H22S2. The first-order valence-corrected chi connectivity index (χ1v) is 11.7. The lowest BCUT2D eigenvalue weighted by atomic mass is 9.98. The fraction of sp³-hybridized carbons (Fsp3) is 0.0714. The zero-order valence-electron chi connectivity index (χ0n) is 17.1. The molecule has 0 spiro atoms. The predicted octanol–water partition coefficient (Wildman–Crippen LogP) is 9.09. The minimum atomic E-state index is 1.25. The standard InChI is InChI=1S/C28H22S2/c1-19-3-17-27(29-19)25-13-9-23(10-14-25)21-5-7-22(8-6-21)24-11-15-26(16-12-24)28-18-4-20(2)30-28/h3-18H,1-2H3. The van der Waals surface area contributed by atoms with Gasteiger partial charge >= 0.3 is 0 Å². The van der Waals surface area contributed by atoms with Crippen LogP contribution in [0.15, 0.2) is 97.1 Å². The summed E-state index contributed by atoms with van der Waals surface area (Å²) in [6, 6.07) is 35.4. The van der Waals surface area contributed by atoms with Crippen molar-refractivity contribution in [2.45, 2.75) is 13.8 Å². The molecule has 3 aromatic carbocycles. The van der Waals surface area contributed by atoms with Crippen molar-refractivity contribution in [1.29, 1.82) is 0 Å². The van der Waals surface area contributed by atoms with E-state index in [0.29, 0.717) is 0 Å². The van der Waals surface area contributed by atoms with E-state index in [1.165, 1.54) is 52.9 Å². The summed E-state index contributed by atoms with van der Waals surface area (Å²) in [5.41, 5.74) is 7.57. The number of hydrogen-bond donors (Lipinski definition) is 0. The van der Waals surface area contributed by atoms with Gasteiger partial charge in [-0.25, -0.2) is 0 Å². The van der Waals surface area contributed by atoms with Gasteiger partial charge in [0.05, 0.1) is 0 Å². The second-order valence-electron chi connectivity index (χ2n) is 7.55. The summed E-state index contributed by atoms with van der Waals surface area (Å²) in [6.07, 6.45) is 0. The first-order chi connectivity index (χ1) is 14.7. The van der Waals surface area contributed by atoms with Gasteiger partial charge in [0.2, 0.25) is 0 Å². The van der Waals surface area contributed by atoms with Crippen LogP contribution in [0, 0.1) is 13.8 Å². The van der Waals surface area contributed by atoms with Gasteiger partial charge in [0, 0.05) is 19.5 Å². The van der Waals surface area contributed by atoms with Crippen molar-refractivity contribution in [2.75, 3.05) is 0 Å². The normalized spacial score (nSPS) is 11.0. The van der Waals surface area contributed by atoms with Crippen LogP contribution in [0.1, 0.15) is 9.75 Å². The van der Waals surface area contributed by atoms with E-state index in [0.717, 1.165) is 0 Å². The molecule has 2 heterocycles. The summed E-state index contributed by atoms with van der Waals surface area (Å²) in [5, 5.41) is 0. The van der Waals surface area contributed by atoms with Crippen molar-refractivity contribution in [3.05, 3.63) is 107 Å². The highest BCUT2D eigenvalue weighted by molar-refractivity contribution is 7.15. The molecule has 2 heteroatoms. The molecule has 0 N–H and O–H groups in total. The third-order valence-corrected chi connectivity index (χ3v) is 7.47. The molecule has 0 amide bonds. The van der Waals surface area contributed by atoms with E-state index in [1.54, 1.807) is 0 Å². The van der Waals surface area contributed by atoms with Crippen molar-refractivity contribution >= 4 is 22.7 Å². The Balaban J connectivity index is 1.35. The molecule has 2 aromatic heterocycles. The molecule has 0 aliphatic carbocycles. The monoisotopic (exact) mass is 422 g/mol. The minimum absolute atomic E-state index is 1.25. The first kappa shape index (κ1) is 19.0. The van der Waals surface area contributed by atoms with Crippen LogP contribution in [0.5, 0.6) is 0 Å². The van der Waals surface area contributed by atoms with Gasteiger partial charge < -0.3 is 0 Å². The summed E-state index contributed by atoms with van der Waals surface area (Å²) in [5.74, 6) is 0. The average molecular weight is 423 g/mol. The number of benzene rings is 3. The second-order valence-corrected chi connectivity index (χ2v) is 10.1. The summed E-state index contributed by atoms with van der Waals surface area (Å²) in [4.78, 5) is 5.36.